The summed E-state index contributed by atoms with van der Waals surface area (Å²) in [6, 6.07) is 17.8. The predicted molar refractivity (Wildman–Crippen MR) is 121 cm³/mol. The fourth-order valence-electron chi connectivity index (χ4n) is 4.62. The third kappa shape index (κ3) is 4.27. The van der Waals surface area contributed by atoms with Crippen molar-refractivity contribution in [2.24, 2.45) is 0 Å². The number of hydrogen-bond donors (Lipinski definition) is 1. The molecule has 0 spiro atoms. The molecule has 1 unspecified atom stereocenters. The summed E-state index contributed by atoms with van der Waals surface area (Å²) >= 11 is 0. The van der Waals surface area contributed by atoms with Crippen molar-refractivity contribution in [2.75, 3.05) is 6.61 Å². The number of carboxylic acids is 1. The van der Waals surface area contributed by atoms with Gasteiger partial charge in [0.15, 0.2) is 0 Å². The molecule has 0 aromatic heterocycles. The van der Waals surface area contributed by atoms with E-state index in [-0.39, 0.29) is 18.2 Å². The van der Waals surface area contributed by atoms with E-state index in [4.69, 9.17) is 24.6 Å². The molecule has 1 aliphatic carbocycles. The van der Waals surface area contributed by atoms with Crippen molar-refractivity contribution in [3.8, 4) is 29.1 Å². The largest absolute Gasteiger partial charge is 0.492 e. The highest BCUT2D eigenvalue weighted by Crippen LogP contribution is 2.44. The molecule has 2 aliphatic rings. The van der Waals surface area contributed by atoms with Gasteiger partial charge in [-0.15, -0.1) is 0 Å². The van der Waals surface area contributed by atoms with Crippen molar-refractivity contribution < 1.29 is 28.5 Å². The van der Waals surface area contributed by atoms with E-state index in [1.54, 1.807) is 30.3 Å². The van der Waals surface area contributed by atoms with Gasteiger partial charge in [0.25, 0.3) is 0 Å². The van der Waals surface area contributed by atoms with Crippen molar-refractivity contribution >= 4 is 5.97 Å². The summed E-state index contributed by atoms with van der Waals surface area (Å²) in [6.45, 7) is 0.324. The lowest BCUT2D eigenvalue weighted by molar-refractivity contribution is -0.137. The normalized spacial score (nSPS) is 17.9. The number of aliphatic carboxylic acids is 1. The summed E-state index contributed by atoms with van der Waals surface area (Å²) in [7, 11) is 0. The molecule has 1 aliphatic heterocycles. The SMILES string of the molecule is N#CCc1ccc(Oc2ccc(F)c3c2CC[C@H]3Oc2ccc3c(c2)OCC3CC(=O)O)cc1. The second-order valence-electron chi connectivity index (χ2n) is 8.47. The van der Waals surface area contributed by atoms with Crippen LogP contribution in [0.1, 0.15) is 47.1 Å². The van der Waals surface area contributed by atoms with Crippen molar-refractivity contribution in [3.63, 3.8) is 0 Å². The van der Waals surface area contributed by atoms with E-state index in [2.05, 4.69) is 6.07 Å². The minimum Gasteiger partial charge on any atom is -0.492 e. The maximum absolute atomic E-state index is 14.8. The van der Waals surface area contributed by atoms with Crippen LogP contribution in [0, 0.1) is 17.1 Å². The molecule has 1 N–H and O–H groups in total. The number of halogens is 1. The van der Waals surface area contributed by atoms with Crippen LogP contribution in [0.3, 0.4) is 0 Å². The van der Waals surface area contributed by atoms with E-state index in [0.717, 1.165) is 16.7 Å². The summed E-state index contributed by atoms with van der Waals surface area (Å²) in [4.78, 5) is 11.1. The van der Waals surface area contributed by atoms with Crippen LogP contribution >= 0.6 is 0 Å². The quantitative estimate of drug-likeness (QED) is 0.488. The first kappa shape index (κ1) is 21.8. The molecule has 0 radical (unpaired) electrons. The third-order valence-corrected chi connectivity index (χ3v) is 6.24. The smallest absolute Gasteiger partial charge is 0.304 e. The molecule has 1 heterocycles. The van der Waals surface area contributed by atoms with Gasteiger partial charge in [-0.2, -0.15) is 5.26 Å². The first-order chi connectivity index (χ1) is 16.5. The molecule has 3 aromatic carbocycles. The minimum absolute atomic E-state index is 0.0121. The summed E-state index contributed by atoms with van der Waals surface area (Å²) < 4.78 is 32.7. The first-order valence-electron chi connectivity index (χ1n) is 11.1. The van der Waals surface area contributed by atoms with E-state index >= 15 is 0 Å². The van der Waals surface area contributed by atoms with Crippen LogP contribution in [-0.4, -0.2) is 17.7 Å². The molecular weight excluding hydrogens is 437 g/mol. The highest BCUT2D eigenvalue weighted by molar-refractivity contribution is 5.68. The van der Waals surface area contributed by atoms with Gasteiger partial charge in [-0.3, -0.25) is 4.79 Å². The highest BCUT2D eigenvalue weighted by Gasteiger charge is 2.32. The zero-order chi connectivity index (χ0) is 23.7. The Balaban J connectivity index is 1.34. The molecule has 0 bridgehead atoms. The van der Waals surface area contributed by atoms with Crippen molar-refractivity contribution in [3.05, 3.63) is 82.7 Å². The molecule has 0 fully saturated rings. The van der Waals surface area contributed by atoms with E-state index < -0.39 is 12.1 Å². The van der Waals surface area contributed by atoms with Crippen molar-refractivity contribution in [2.45, 2.75) is 37.7 Å². The Hall–Kier alpha value is -4.05. The maximum Gasteiger partial charge on any atom is 0.304 e. The molecule has 7 heteroatoms. The Morgan fingerprint density at radius 3 is 2.71 bits per heavy atom. The number of fused-ring (bicyclic) bond motifs is 2. The van der Waals surface area contributed by atoms with Gasteiger partial charge in [-0.1, -0.05) is 18.2 Å². The maximum atomic E-state index is 14.8. The summed E-state index contributed by atoms with van der Waals surface area (Å²) in [5.41, 5.74) is 3.03. The van der Waals surface area contributed by atoms with Crippen molar-refractivity contribution in [1.82, 2.24) is 0 Å². The van der Waals surface area contributed by atoms with Gasteiger partial charge in [-0.25, -0.2) is 4.39 Å². The Labute approximate surface area is 196 Å². The van der Waals surface area contributed by atoms with Crippen LogP contribution in [0.15, 0.2) is 54.6 Å². The standard InChI is InChI=1S/C27H22FNO5/c28-22-8-10-23(33-18-3-1-16(2-4-18)11-12-29)21-7-9-24(27(21)22)34-19-5-6-20-17(13-26(30)31)15-32-25(20)14-19/h1-6,8,10,14,17,24H,7,9,11,13,15H2,(H,30,31)/t17?,24-/m1/s1. The fourth-order valence-corrected chi connectivity index (χ4v) is 4.62. The molecular formula is C27H22FNO5. The lowest BCUT2D eigenvalue weighted by Crippen LogP contribution is -2.07. The van der Waals surface area contributed by atoms with Gasteiger partial charge >= 0.3 is 5.97 Å². The van der Waals surface area contributed by atoms with Crippen LogP contribution in [0.25, 0.3) is 0 Å². The van der Waals surface area contributed by atoms with E-state index in [9.17, 15) is 9.18 Å². The topological polar surface area (TPSA) is 88.8 Å². The summed E-state index contributed by atoms with van der Waals surface area (Å²) in [5.74, 6) is 0.977. The van der Waals surface area contributed by atoms with Crippen LogP contribution in [-0.2, 0) is 17.6 Å². The van der Waals surface area contributed by atoms with Gasteiger partial charge in [0.2, 0.25) is 0 Å². The van der Waals surface area contributed by atoms with Crippen LogP contribution in [0.5, 0.6) is 23.0 Å². The van der Waals surface area contributed by atoms with E-state index in [0.29, 0.717) is 54.4 Å². The number of hydrogen-bond acceptors (Lipinski definition) is 5. The number of rotatable bonds is 7. The molecule has 2 atom stereocenters. The molecule has 0 amide bonds. The van der Waals surface area contributed by atoms with E-state index in [1.165, 1.54) is 6.07 Å². The molecule has 3 aromatic rings. The van der Waals surface area contributed by atoms with Gasteiger partial charge < -0.3 is 19.3 Å². The van der Waals surface area contributed by atoms with Gasteiger partial charge in [0.1, 0.15) is 34.9 Å². The Kier molecular flexibility index (Phi) is 5.81. The third-order valence-electron chi connectivity index (χ3n) is 6.24. The number of benzene rings is 3. The average Bonchev–Trinajstić information content (AvgIpc) is 3.42. The van der Waals surface area contributed by atoms with Crippen LogP contribution in [0.2, 0.25) is 0 Å². The molecule has 172 valence electrons. The monoisotopic (exact) mass is 459 g/mol. The summed E-state index contributed by atoms with van der Waals surface area (Å²) in [6.07, 6.45) is 1.10. The average molecular weight is 459 g/mol. The van der Waals surface area contributed by atoms with Gasteiger partial charge in [-0.05, 0) is 48.7 Å². The number of carbonyl (C=O) groups is 1. The number of carboxylic acid groups (broad SMARTS) is 1. The molecule has 0 saturated carbocycles. The zero-order valence-electron chi connectivity index (χ0n) is 18.3. The molecule has 5 rings (SSSR count). The Bertz CT molecular complexity index is 1280. The second kappa shape index (κ2) is 9.06. The van der Waals surface area contributed by atoms with Crippen LogP contribution in [0.4, 0.5) is 4.39 Å². The lowest BCUT2D eigenvalue weighted by atomic mass is 9.98. The second-order valence-corrected chi connectivity index (χ2v) is 8.47. The lowest BCUT2D eigenvalue weighted by Gasteiger charge is -2.17. The molecule has 0 saturated heterocycles. The molecule has 34 heavy (non-hydrogen) atoms. The Morgan fingerprint density at radius 2 is 1.94 bits per heavy atom. The number of nitriles is 1. The van der Waals surface area contributed by atoms with Crippen molar-refractivity contribution in [1.29, 1.82) is 5.26 Å². The Morgan fingerprint density at radius 1 is 1.15 bits per heavy atom. The zero-order valence-corrected chi connectivity index (χ0v) is 18.3. The fraction of sp³-hybridized carbons (Fsp3) is 0.259. The predicted octanol–water partition coefficient (Wildman–Crippen LogP) is 5.70. The van der Waals surface area contributed by atoms with Gasteiger partial charge in [0.05, 0.1) is 25.5 Å². The number of nitrogens with zero attached hydrogens (tertiary/aromatic N) is 1. The van der Waals surface area contributed by atoms with E-state index in [1.807, 2.05) is 18.2 Å². The highest BCUT2D eigenvalue weighted by atomic mass is 19.1. The van der Waals surface area contributed by atoms with Crippen LogP contribution < -0.4 is 14.2 Å². The minimum atomic E-state index is -0.865. The molecule has 6 nitrogen and oxygen atoms in total. The first-order valence-corrected chi connectivity index (χ1v) is 11.1. The number of ether oxygens (including phenoxy) is 3. The summed E-state index contributed by atoms with van der Waals surface area (Å²) in [5, 5.41) is 17.9. The van der Waals surface area contributed by atoms with Gasteiger partial charge in [0, 0.05) is 28.7 Å².